The summed E-state index contributed by atoms with van der Waals surface area (Å²) in [6.07, 6.45) is 3.46. The van der Waals surface area contributed by atoms with E-state index in [0.717, 1.165) is 18.6 Å². The smallest absolute Gasteiger partial charge is 0.246 e. The highest BCUT2D eigenvalue weighted by Crippen LogP contribution is 2.21. The number of hydrogen-bond acceptors (Lipinski definition) is 6. The van der Waals surface area contributed by atoms with Crippen molar-refractivity contribution in [3.63, 3.8) is 0 Å². The molecule has 1 aliphatic rings. The number of carbonyl (C=O) groups is 1. The number of amides is 1. The molecule has 0 spiro atoms. The topological polar surface area (TPSA) is 96.0 Å². The molecule has 1 aromatic carbocycles. The van der Waals surface area contributed by atoms with Crippen LogP contribution >= 0.6 is 0 Å². The van der Waals surface area contributed by atoms with Crippen molar-refractivity contribution in [1.82, 2.24) is 24.8 Å². The Bertz CT molecular complexity index is 1180. The van der Waals surface area contributed by atoms with Crippen molar-refractivity contribution < 1.29 is 18.3 Å². The summed E-state index contributed by atoms with van der Waals surface area (Å²) in [6.45, 7) is 4.46. The SMILES string of the molecule is C=CC(=O)N1CCC(Nc2ncnc3[nH]c(C#CCOc4c(F)cccc4F)nc23)C1. The summed E-state index contributed by atoms with van der Waals surface area (Å²) >= 11 is 0. The summed E-state index contributed by atoms with van der Waals surface area (Å²) in [5, 5.41) is 3.29. The zero-order chi connectivity index (χ0) is 21.8. The molecular formula is C21H18F2N6O2. The maximum atomic E-state index is 13.6. The number of hydrogen-bond donors (Lipinski definition) is 2. The lowest BCUT2D eigenvalue weighted by Gasteiger charge is -2.15. The molecule has 1 fully saturated rings. The Balaban J connectivity index is 1.44. The second-order valence-corrected chi connectivity index (χ2v) is 6.76. The number of anilines is 1. The average Bonchev–Trinajstić information content (AvgIpc) is 3.39. The van der Waals surface area contributed by atoms with Crippen LogP contribution < -0.4 is 10.1 Å². The largest absolute Gasteiger partial charge is 0.475 e. The van der Waals surface area contributed by atoms with Gasteiger partial charge in [-0.2, -0.15) is 0 Å². The predicted octanol–water partition coefficient (Wildman–Crippen LogP) is 2.26. The van der Waals surface area contributed by atoms with Crippen molar-refractivity contribution in [2.75, 3.05) is 25.0 Å². The Morgan fingerprint density at radius 1 is 1.39 bits per heavy atom. The molecule has 0 aliphatic carbocycles. The first-order valence-electron chi connectivity index (χ1n) is 9.49. The maximum Gasteiger partial charge on any atom is 0.246 e. The minimum absolute atomic E-state index is 0.0253. The van der Waals surface area contributed by atoms with Gasteiger partial charge in [0.15, 0.2) is 40.2 Å². The number of benzene rings is 1. The van der Waals surface area contributed by atoms with Crippen molar-refractivity contribution in [2.45, 2.75) is 12.5 Å². The summed E-state index contributed by atoms with van der Waals surface area (Å²) in [5.74, 6) is 4.08. The van der Waals surface area contributed by atoms with Gasteiger partial charge in [-0.3, -0.25) is 4.79 Å². The van der Waals surface area contributed by atoms with Crippen molar-refractivity contribution in [3.05, 3.63) is 54.6 Å². The fourth-order valence-corrected chi connectivity index (χ4v) is 3.24. The second kappa shape index (κ2) is 8.79. The number of fused-ring (bicyclic) bond motifs is 1. The Kier molecular flexibility index (Phi) is 5.75. The minimum Gasteiger partial charge on any atom is -0.475 e. The van der Waals surface area contributed by atoms with Gasteiger partial charge in [-0.25, -0.2) is 23.7 Å². The van der Waals surface area contributed by atoms with Gasteiger partial charge in [0.2, 0.25) is 5.91 Å². The van der Waals surface area contributed by atoms with Crippen molar-refractivity contribution >= 4 is 22.9 Å². The summed E-state index contributed by atoms with van der Waals surface area (Å²) in [4.78, 5) is 29.2. The molecular weight excluding hydrogens is 406 g/mol. The van der Waals surface area contributed by atoms with Crippen LogP contribution in [0.1, 0.15) is 12.2 Å². The lowest BCUT2D eigenvalue weighted by molar-refractivity contribution is -0.125. The molecule has 158 valence electrons. The second-order valence-electron chi connectivity index (χ2n) is 6.76. The number of imidazole rings is 1. The molecule has 3 aromatic rings. The van der Waals surface area contributed by atoms with Gasteiger partial charge in [-0.15, -0.1) is 0 Å². The summed E-state index contributed by atoms with van der Waals surface area (Å²) in [6, 6.07) is 3.49. The Morgan fingerprint density at radius 3 is 2.97 bits per heavy atom. The van der Waals surface area contributed by atoms with Crippen LogP contribution in [0.2, 0.25) is 0 Å². The molecule has 0 saturated carbocycles. The number of halogens is 2. The standard InChI is InChI=1S/C21H18F2N6O2/c1-2-17(30)29-9-8-13(11-29)26-20-18-21(25-12-24-20)28-16(27-18)7-4-10-31-19-14(22)5-3-6-15(19)23/h2-3,5-6,12-13H,1,8-11H2,(H2,24,25,26,27,28). The number of aromatic nitrogens is 4. The monoisotopic (exact) mass is 424 g/mol. The van der Waals surface area contributed by atoms with Crippen molar-refractivity contribution in [2.24, 2.45) is 0 Å². The third-order valence-electron chi connectivity index (χ3n) is 4.71. The van der Waals surface area contributed by atoms with Gasteiger partial charge in [-0.05, 0) is 30.6 Å². The van der Waals surface area contributed by atoms with E-state index >= 15 is 0 Å². The van der Waals surface area contributed by atoms with Gasteiger partial charge in [0.1, 0.15) is 12.9 Å². The fourth-order valence-electron chi connectivity index (χ4n) is 3.24. The maximum absolute atomic E-state index is 13.6. The zero-order valence-corrected chi connectivity index (χ0v) is 16.4. The van der Waals surface area contributed by atoms with Crippen LogP contribution in [0.15, 0.2) is 37.2 Å². The van der Waals surface area contributed by atoms with Gasteiger partial charge >= 0.3 is 0 Å². The molecule has 1 atom stereocenters. The zero-order valence-electron chi connectivity index (χ0n) is 16.4. The molecule has 0 bridgehead atoms. The van der Waals surface area contributed by atoms with Crippen LogP contribution in [0.5, 0.6) is 5.75 Å². The number of carbonyl (C=O) groups excluding carboxylic acids is 1. The van der Waals surface area contributed by atoms with Crippen LogP contribution in [0.4, 0.5) is 14.6 Å². The molecule has 1 unspecified atom stereocenters. The molecule has 1 amide bonds. The number of likely N-dealkylation sites (tertiary alicyclic amines) is 1. The molecule has 10 heteroatoms. The molecule has 3 heterocycles. The summed E-state index contributed by atoms with van der Waals surface area (Å²) in [7, 11) is 0. The van der Waals surface area contributed by atoms with Gasteiger partial charge in [0.25, 0.3) is 0 Å². The summed E-state index contributed by atoms with van der Waals surface area (Å²) in [5.41, 5.74) is 0.987. The van der Waals surface area contributed by atoms with Gasteiger partial charge < -0.3 is 19.9 Å². The molecule has 31 heavy (non-hydrogen) atoms. The molecule has 1 aliphatic heterocycles. The van der Waals surface area contributed by atoms with E-state index in [1.54, 1.807) is 4.90 Å². The highest BCUT2D eigenvalue weighted by atomic mass is 19.1. The Morgan fingerprint density at radius 2 is 2.19 bits per heavy atom. The van der Waals surface area contributed by atoms with Crippen LogP contribution in [-0.2, 0) is 4.79 Å². The Hall–Kier alpha value is -4.00. The first-order valence-corrected chi connectivity index (χ1v) is 9.49. The van der Waals surface area contributed by atoms with E-state index in [1.165, 1.54) is 18.5 Å². The third kappa shape index (κ3) is 4.45. The molecule has 2 N–H and O–H groups in total. The normalized spacial score (nSPS) is 15.4. The van der Waals surface area contributed by atoms with E-state index in [0.29, 0.717) is 35.9 Å². The first-order chi connectivity index (χ1) is 15.0. The number of nitrogens with zero attached hydrogens (tertiary/aromatic N) is 4. The van der Waals surface area contributed by atoms with E-state index < -0.39 is 17.4 Å². The fraction of sp³-hybridized carbons (Fsp3) is 0.238. The van der Waals surface area contributed by atoms with Crippen molar-refractivity contribution in [3.8, 4) is 17.6 Å². The quantitative estimate of drug-likeness (QED) is 0.482. The molecule has 8 nitrogen and oxygen atoms in total. The highest BCUT2D eigenvalue weighted by Gasteiger charge is 2.25. The van der Waals surface area contributed by atoms with E-state index in [2.05, 4.69) is 43.7 Å². The van der Waals surface area contributed by atoms with Gasteiger partial charge in [0.05, 0.1) is 0 Å². The lowest BCUT2D eigenvalue weighted by Crippen LogP contribution is -2.30. The van der Waals surface area contributed by atoms with Gasteiger partial charge in [-0.1, -0.05) is 18.6 Å². The number of para-hydroxylation sites is 1. The predicted molar refractivity (Wildman–Crippen MR) is 109 cm³/mol. The molecule has 4 rings (SSSR count). The summed E-state index contributed by atoms with van der Waals surface area (Å²) < 4.78 is 32.2. The molecule has 2 aromatic heterocycles. The van der Waals surface area contributed by atoms with Crippen LogP contribution in [0.25, 0.3) is 11.2 Å². The van der Waals surface area contributed by atoms with Crippen LogP contribution in [-0.4, -0.2) is 56.5 Å². The lowest BCUT2D eigenvalue weighted by atomic mass is 10.2. The number of rotatable bonds is 5. The molecule has 0 radical (unpaired) electrons. The number of H-pyrrole nitrogens is 1. The highest BCUT2D eigenvalue weighted by molar-refractivity contribution is 5.87. The van der Waals surface area contributed by atoms with Crippen LogP contribution in [0.3, 0.4) is 0 Å². The Labute approximate surface area is 176 Å². The van der Waals surface area contributed by atoms with Crippen LogP contribution in [0, 0.1) is 23.5 Å². The number of nitrogens with one attached hydrogen (secondary N) is 2. The average molecular weight is 424 g/mol. The van der Waals surface area contributed by atoms with Crippen molar-refractivity contribution in [1.29, 1.82) is 0 Å². The number of aromatic amines is 1. The number of ether oxygens (including phenoxy) is 1. The first kappa shape index (κ1) is 20.3. The minimum atomic E-state index is -0.795. The molecule has 1 saturated heterocycles. The van der Waals surface area contributed by atoms with E-state index in [9.17, 15) is 13.6 Å². The van der Waals surface area contributed by atoms with E-state index in [-0.39, 0.29) is 18.6 Å². The van der Waals surface area contributed by atoms with E-state index in [1.807, 2.05) is 0 Å². The van der Waals surface area contributed by atoms with E-state index in [4.69, 9.17) is 4.74 Å². The third-order valence-corrected chi connectivity index (χ3v) is 4.71. The van der Waals surface area contributed by atoms with Gasteiger partial charge in [0, 0.05) is 19.1 Å².